The number of piperazine rings is 1. The molecule has 0 radical (unpaired) electrons. The van der Waals surface area contributed by atoms with E-state index >= 15 is 0 Å². The van der Waals surface area contributed by atoms with Crippen molar-refractivity contribution in [3.05, 3.63) is 52.8 Å². The zero-order valence-electron chi connectivity index (χ0n) is 18.1. The van der Waals surface area contributed by atoms with Crippen LogP contribution in [0.1, 0.15) is 38.0 Å². The number of hydrogen-bond donors (Lipinski definition) is 0. The van der Waals surface area contributed by atoms with E-state index in [-0.39, 0.29) is 5.41 Å². The van der Waals surface area contributed by atoms with Gasteiger partial charge in [0.25, 0.3) is 0 Å². The lowest BCUT2D eigenvalue weighted by molar-refractivity contribution is 0.181. The molecule has 0 saturated carbocycles. The molecule has 0 aromatic carbocycles. The first kappa shape index (κ1) is 21.0. The lowest BCUT2D eigenvalue weighted by Gasteiger charge is -2.35. The van der Waals surface area contributed by atoms with Gasteiger partial charge in [-0.1, -0.05) is 32.4 Å². The van der Waals surface area contributed by atoms with E-state index in [0.717, 1.165) is 61.4 Å². The van der Waals surface area contributed by atoms with Crippen molar-refractivity contribution in [2.75, 3.05) is 38.2 Å². The fourth-order valence-electron chi connectivity index (χ4n) is 3.66. The molecule has 7 nitrogen and oxygen atoms in total. The molecule has 4 rings (SSSR count). The van der Waals surface area contributed by atoms with Crippen LogP contribution in [-0.4, -0.2) is 57.5 Å². The maximum Gasteiger partial charge on any atom is 0.137 e. The number of halogens is 1. The van der Waals surface area contributed by atoms with Crippen LogP contribution >= 0.6 is 11.6 Å². The fourth-order valence-corrected chi connectivity index (χ4v) is 3.83. The minimum atomic E-state index is -0.105. The summed E-state index contributed by atoms with van der Waals surface area (Å²) in [5, 5.41) is 0.715. The summed E-state index contributed by atoms with van der Waals surface area (Å²) in [5.74, 6) is 1.85. The minimum absolute atomic E-state index is 0.105. The van der Waals surface area contributed by atoms with Crippen LogP contribution in [0.4, 0.5) is 5.82 Å². The number of imidazole rings is 1. The Balaban J connectivity index is 1.44. The van der Waals surface area contributed by atoms with Crippen LogP contribution in [0, 0.1) is 0 Å². The first-order chi connectivity index (χ1) is 14.3. The second kappa shape index (κ2) is 8.49. The van der Waals surface area contributed by atoms with Gasteiger partial charge in [-0.3, -0.25) is 4.90 Å². The van der Waals surface area contributed by atoms with E-state index in [9.17, 15) is 0 Å². The number of fused-ring (bicyclic) bond motifs is 1. The molecule has 3 aromatic rings. The highest BCUT2D eigenvalue weighted by Gasteiger charge is 2.23. The topological polar surface area (TPSA) is 58.8 Å². The van der Waals surface area contributed by atoms with Gasteiger partial charge in [0.15, 0.2) is 0 Å². The predicted molar refractivity (Wildman–Crippen MR) is 119 cm³/mol. The standard InChI is InChI=1S/C22H29ClN6O/c1-22(2,3)21-25-17(15-30-4)11-20(26-21)28-9-7-27(8-10-28)13-18-14-29-12-16(23)5-6-19(29)24-18/h5-6,11-12,14H,7-10,13,15H2,1-4H3. The third-order valence-electron chi connectivity index (χ3n) is 5.28. The maximum atomic E-state index is 6.08. The Bertz CT molecular complexity index is 1020. The highest BCUT2D eigenvalue weighted by molar-refractivity contribution is 6.30. The van der Waals surface area contributed by atoms with Crippen LogP contribution in [0.15, 0.2) is 30.6 Å². The molecule has 0 amide bonds. The van der Waals surface area contributed by atoms with Gasteiger partial charge in [-0.25, -0.2) is 15.0 Å². The molecule has 0 atom stereocenters. The summed E-state index contributed by atoms with van der Waals surface area (Å²) in [6.45, 7) is 11.5. The first-order valence-electron chi connectivity index (χ1n) is 10.3. The van der Waals surface area contributed by atoms with Crippen LogP contribution in [0.5, 0.6) is 0 Å². The number of pyridine rings is 1. The van der Waals surface area contributed by atoms with Crippen LogP contribution in [0.2, 0.25) is 5.02 Å². The highest BCUT2D eigenvalue weighted by Crippen LogP contribution is 2.23. The summed E-state index contributed by atoms with van der Waals surface area (Å²) in [6.07, 6.45) is 3.95. The minimum Gasteiger partial charge on any atom is -0.378 e. The second-order valence-electron chi connectivity index (χ2n) is 8.83. The van der Waals surface area contributed by atoms with Gasteiger partial charge >= 0.3 is 0 Å². The summed E-state index contributed by atoms with van der Waals surface area (Å²) in [5.41, 5.74) is 2.81. The molecule has 1 fully saturated rings. The zero-order valence-corrected chi connectivity index (χ0v) is 18.9. The predicted octanol–water partition coefficient (Wildman–Crippen LogP) is 3.54. The molecule has 0 N–H and O–H groups in total. The molecule has 0 bridgehead atoms. The second-order valence-corrected chi connectivity index (χ2v) is 9.27. The van der Waals surface area contributed by atoms with Crippen LogP contribution in [0.3, 0.4) is 0 Å². The summed E-state index contributed by atoms with van der Waals surface area (Å²) in [4.78, 5) is 19.0. The van der Waals surface area contributed by atoms with E-state index in [0.29, 0.717) is 11.6 Å². The third-order valence-corrected chi connectivity index (χ3v) is 5.50. The van der Waals surface area contributed by atoms with Crippen molar-refractivity contribution in [3.63, 3.8) is 0 Å². The van der Waals surface area contributed by atoms with Crippen molar-refractivity contribution in [2.45, 2.75) is 39.3 Å². The first-order valence-corrected chi connectivity index (χ1v) is 10.7. The van der Waals surface area contributed by atoms with Gasteiger partial charge in [0.05, 0.1) is 23.0 Å². The molecule has 0 aliphatic carbocycles. The third kappa shape index (κ3) is 4.74. The molecule has 1 aliphatic rings. The van der Waals surface area contributed by atoms with Gasteiger partial charge in [0.2, 0.25) is 0 Å². The van der Waals surface area contributed by atoms with Crippen molar-refractivity contribution < 1.29 is 4.74 Å². The number of anilines is 1. The highest BCUT2D eigenvalue weighted by atomic mass is 35.5. The monoisotopic (exact) mass is 428 g/mol. The zero-order chi connectivity index (χ0) is 21.3. The Morgan fingerprint density at radius 3 is 2.47 bits per heavy atom. The fraction of sp³-hybridized carbons (Fsp3) is 0.500. The molecule has 0 unspecified atom stereocenters. The molecule has 4 heterocycles. The van der Waals surface area contributed by atoms with E-state index < -0.39 is 0 Å². The number of hydrogen-bond acceptors (Lipinski definition) is 6. The van der Waals surface area contributed by atoms with Crippen molar-refractivity contribution in [3.8, 4) is 0 Å². The quantitative estimate of drug-likeness (QED) is 0.619. The van der Waals surface area contributed by atoms with Gasteiger partial charge in [0, 0.05) is 63.7 Å². The normalized spacial score (nSPS) is 15.8. The summed E-state index contributed by atoms with van der Waals surface area (Å²) in [6, 6.07) is 5.88. The molecule has 160 valence electrons. The lowest BCUT2D eigenvalue weighted by Crippen LogP contribution is -2.46. The Hall–Kier alpha value is -2.22. The molecule has 3 aromatic heterocycles. The number of aromatic nitrogens is 4. The number of nitrogens with zero attached hydrogens (tertiary/aromatic N) is 6. The van der Waals surface area contributed by atoms with E-state index in [1.165, 1.54) is 0 Å². The van der Waals surface area contributed by atoms with Crippen molar-refractivity contribution in [1.82, 2.24) is 24.3 Å². The molecule has 30 heavy (non-hydrogen) atoms. The van der Waals surface area contributed by atoms with Gasteiger partial charge in [0.1, 0.15) is 17.3 Å². The van der Waals surface area contributed by atoms with Crippen LogP contribution < -0.4 is 4.90 Å². The van der Waals surface area contributed by atoms with Crippen LogP contribution in [-0.2, 0) is 23.3 Å². The maximum absolute atomic E-state index is 6.08. The SMILES string of the molecule is COCc1cc(N2CCN(Cc3cn4cc(Cl)ccc4n3)CC2)nc(C(C)(C)C)n1. The van der Waals surface area contributed by atoms with Crippen molar-refractivity contribution in [1.29, 1.82) is 0 Å². The van der Waals surface area contributed by atoms with Gasteiger partial charge in [-0.05, 0) is 12.1 Å². The molecular formula is C22H29ClN6O. The number of methoxy groups -OCH3 is 1. The average Bonchev–Trinajstić information content (AvgIpc) is 3.09. The smallest absolute Gasteiger partial charge is 0.137 e. The Labute approximate surface area is 182 Å². The lowest BCUT2D eigenvalue weighted by atomic mass is 9.95. The Kier molecular flexibility index (Phi) is 5.95. The van der Waals surface area contributed by atoms with Crippen molar-refractivity contribution in [2.24, 2.45) is 0 Å². The summed E-state index contributed by atoms with van der Waals surface area (Å²) >= 11 is 6.08. The number of rotatable bonds is 5. The van der Waals surface area contributed by atoms with E-state index in [4.69, 9.17) is 31.3 Å². The molecule has 8 heteroatoms. The van der Waals surface area contributed by atoms with Gasteiger partial charge < -0.3 is 14.0 Å². The van der Waals surface area contributed by atoms with Crippen LogP contribution in [0.25, 0.3) is 5.65 Å². The Morgan fingerprint density at radius 2 is 1.77 bits per heavy atom. The van der Waals surface area contributed by atoms with E-state index in [1.807, 2.05) is 22.7 Å². The van der Waals surface area contributed by atoms with Gasteiger partial charge in [-0.2, -0.15) is 0 Å². The summed E-state index contributed by atoms with van der Waals surface area (Å²) in [7, 11) is 1.70. The van der Waals surface area contributed by atoms with E-state index in [2.05, 4.69) is 42.8 Å². The van der Waals surface area contributed by atoms with E-state index in [1.54, 1.807) is 7.11 Å². The molecule has 1 aliphatic heterocycles. The Morgan fingerprint density at radius 1 is 1.00 bits per heavy atom. The average molecular weight is 429 g/mol. The summed E-state index contributed by atoms with van der Waals surface area (Å²) < 4.78 is 7.31. The van der Waals surface area contributed by atoms with Gasteiger partial charge in [-0.15, -0.1) is 0 Å². The molecular weight excluding hydrogens is 400 g/mol. The molecule has 1 saturated heterocycles. The largest absolute Gasteiger partial charge is 0.378 e. The molecule has 0 spiro atoms. The number of ether oxygens (including phenoxy) is 1. The van der Waals surface area contributed by atoms with Crippen molar-refractivity contribution >= 4 is 23.1 Å².